The number of nitrogens with zero attached hydrogens (tertiary/aromatic N) is 2. The Morgan fingerprint density at radius 3 is 2.60 bits per heavy atom. The molecular formula is C12H19BrN2. The van der Waals surface area contributed by atoms with Crippen LogP contribution in [0.2, 0.25) is 0 Å². The van der Waals surface area contributed by atoms with Gasteiger partial charge in [0.2, 0.25) is 0 Å². The summed E-state index contributed by atoms with van der Waals surface area (Å²) in [5.41, 5.74) is 1.24. The van der Waals surface area contributed by atoms with E-state index in [4.69, 9.17) is 0 Å². The summed E-state index contributed by atoms with van der Waals surface area (Å²) >= 11 is 3.47. The molecule has 1 aromatic rings. The monoisotopic (exact) mass is 270 g/mol. The smallest absolute Gasteiger partial charge is 0.129 e. The number of hydrogen-bond donors (Lipinski definition) is 0. The number of rotatable bonds is 4. The van der Waals surface area contributed by atoms with E-state index in [9.17, 15) is 0 Å². The number of anilines is 1. The summed E-state index contributed by atoms with van der Waals surface area (Å²) in [6.45, 7) is 9.72. The third-order valence-corrected chi connectivity index (χ3v) is 3.62. The van der Waals surface area contributed by atoms with Crippen LogP contribution in [-0.4, -0.2) is 17.6 Å². The van der Waals surface area contributed by atoms with Crippen LogP contribution >= 0.6 is 15.9 Å². The van der Waals surface area contributed by atoms with Gasteiger partial charge >= 0.3 is 0 Å². The number of aryl methyl sites for hydroxylation is 1. The quantitative estimate of drug-likeness (QED) is 0.828. The van der Waals surface area contributed by atoms with Crippen molar-refractivity contribution >= 4 is 21.7 Å². The number of hydrogen-bond acceptors (Lipinski definition) is 2. The number of pyridine rings is 1. The minimum absolute atomic E-state index is 0.545. The second-order valence-corrected chi connectivity index (χ2v) is 4.69. The van der Waals surface area contributed by atoms with E-state index in [1.807, 2.05) is 6.20 Å². The van der Waals surface area contributed by atoms with Gasteiger partial charge in [0, 0.05) is 23.3 Å². The third-order valence-electron chi connectivity index (χ3n) is 2.79. The van der Waals surface area contributed by atoms with Crippen LogP contribution < -0.4 is 4.90 Å². The van der Waals surface area contributed by atoms with Crippen LogP contribution in [0, 0.1) is 6.92 Å². The number of halogens is 1. The van der Waals surface area contributed by atoms with Crippen LogP contribution in [-0.2, 0) is 0 Å². The summed E-state index contributed by atoms with van der Waals surface area (Å²) in [5, 5.41) is 0. The highest BCUT2D eigenvalue weighted by Crippen LogP contribution is 2.21. The van der Waals surface area contributed by atoms with Gasteiger partial charge in [-0.3, -0.25) is 0 Å². The molecule has 0 saturated carbocycles. The van der Waals surface area contributed by atoms with E-state index in [1.165, 1.54) is 5.56 Å². The van der Waals surface area contributed by atoms with Crippen LogP contribution in [0.15, 0.2) is 16.7 Å². The van der Waals surface area contributed by atoms with Gasteiger partial charge in [-0.2, -0.15) is 0 Å². The summed E-state index contributed by atoms with van der Waals surface area (Å²) in [7, 11) is 0. The van der Waals surface area contributed by atoms with Crippen LogP contribution in [0.1, 0.15) is 32.8 Å². The molecule has 0 aromatic carbocycles. The molecule has 1 atom stereocenters. The average molecular weight is 271 g/mol. The molecule has 3 heteroatoms. The van der Waals surface area contributed by atoms with Gasteiger partial charge in [0.25, 0.3) is 0 Å². The first-order valence-corrected chi connectivity index (χ1v) is 6.28. The fraction of sp³-hybridized carbons (Fsp3) is 0.583. The molecule has 1 aromatic heterocycles. The van der Waals surface area contributed by atoms with Crippen molar-refractivity contribution in [2.75, 3.05) is 11.4 Å². The summed E-state index contributed by atoms with van der Waals surface area (Å²) in [6, 6.07) is 2.68. The van der Waals surface area contributed by atoms with E-state index < -0.39 is 0 Å². The summed E-state index contributed by atoms with van der Waals surface area (Å²) in [6.07, 6.45) is 3.03. The van der Waals surface area contributed by atoms with Gasteiger partial charge in [0.05, 0.1) is 0 Å². The first-order valence-electron chi connectivity index (χ1n) is 5.48. The Bertz CT molecular complexity index is 325. The van der Waals surface area contributed by atoms with Gasteiger partial charge in [-0.25, -0.2) is 4.98 Å². The van der Waals surface area contributed by atoms with E-state index in [2.05, 4.69) is 59.6 Å². The van der Waals surface area contributed by atoms with Crippen LogP contribution in [0.25, 0.3) is 0 Å². The standard InChI is InChI=1S/C12H19BrN2/c1-5-10(4)15(6-2)12-7-9(3)11(13)8-14-12/h7-8,10H,5-6H2,1-4H3. The van der Waals surface area contributed by atoms with E-state index >= 15 is 0 Å². The second-order valence-electron chi connectivity index (χ2n) is 3.83. The van der Waals surface area contributed by atoms with Gasteiger partial charge in [-0.1, -0.05) is 6.92 Å². The van der Waals surface area contributed by atoms with Crippen molar-refractivity contribution in [2.45, 2.75) is 40.2 Å². The highest BCUT2D eigenvalue weighted by molar-refractivity contribution is 9.10. The van der Waals surface area contributed by atoms with Gasteiger partial charge in [0.1, 0.15) is 5.82 Å². The van der Waals surface area contributed by atoms with Gasteiger partial charge in [0.15, 0.2) is 0 Å². The van der Waals surface area contributed by atoms with Crippen LogP contribution in [0.5, 0.6) is 0 Å². The Kier molecular flexibility index (Phi) is 4.58. The topological polar surface area (TPSA) is 16.1 Å². The lowest BCUT2D eigenvalue weighted by Crippen LogP contribution is -2.33. The Morgan fingerprint density at radius 1 is 1.47 bits per heavy atom. The van der Waals surface area contributed by atoms with Crippen molar-refractivity contribution in [1.82, 2.24) is 4.98 Å². The summed E-state index contributed by atoms with van der Waals surface area (Å²) in [4.78, 5) is 6.79. The molecular weight excluding hydrogens is 252 g/mol. The number of aromatic nitrogens is 1. The van der Waals surface area contributed by atoms with Crippen molar-refractivity contribution in [3.8, 4) is 0 Å². The van der Waals surface area contributed by atoms with Crippen molar-refractivity contribution < 1.29 is 0 Å². The zero-order valence-electron chi connectivity index (χ0n) is 9.92. The van der Waals surface area contributed by atoms with Crippen molar-refractivity contribution in [3.05, 3.63) is 22.3 Å². The minimum atomic E-state index is 0.545. The fourth-order valence-electron chi connectivity index (χ4n) is 1.60. The Balaban J connectivity index is 2.97. The van der Waals surface area contributed by atoms with Crippen molar-refractivity contribution in [2.24, 2.45) is 0 Å². The molecule has 84 valence electrons. The lowest BCUT2D eigenvalue weighted by Gasteiger charge is -2.28. The van der Waals surface area contributed by atoms with Crippen LogP contribution in [0.4, 0.5) is 5.82 Å². The van der Waals surface area contributed by atoms with Gasteiger partial charge in [-0.15, -0.1) is 0 Å². The predicted octanol–water partition coefficient (Wildman–Crippen LogP) is 3.78. The molecule has 0 saturated heterocycles. The Labute approximate surface area is 101 Å². The Morgan fingerprint density at radius 2 is 2.13 bits per heavy atom. The molecule has 0 bridgehead atoms. The summed E-state index contributed by atoms with van der Waals surface area (Å²) in [5.74, 6) is 1.08. The molecule has 0 aliphatic heterocycles. The maximum absolute atomic E-state index is 4.46. The molecule has 2 nitrogen and oxygen atoms in total. The third kappa shape index (κ3) is 2.94. The van der Waals surface area contributed by atoms with E-state index in [1.54, 1.807) is 0 Å². The zero-order chi connectivity index (χ0) is 11.4. The molecule has 0 spiro atoms. The molecule has 0 amide bonds. The SMILES string of the molecule is CCC(C)N(CC)c1cc(C)c(Br)cn1. The fourth-order valence-corrected chi connectivity index (χ4v) is 1.82. The van der Waals surface area contributed by atoms with Crippen molar-refractivity contribution in [3.63, 3.8) is 0 Å². The minimum Gasteiger partial charge on any atom is -0.354 e. The molecule has 0 fully saturated rings. The van der Waals surface area contributed by atoms with E-state index in [0.29, 0.717) is 6.04 Å². The molecule has 15 heavy (non-hydrogen) atoms. The molecule has 1 unspecified atom stereocenters. The zero-order valence-corrected chi connectivity index (χ0v) is 11.5. The molecule has 0 aliphatic rings. The highest BCUT2D eigenvalue weighted by atomic mass is 79.9. The Hall–Kier alpha value is -0.570. The van der Waals surface area contributed by atoms with Crippen molar-refractivity contribution in [1.29, 1.82) is 0 Å². The van der Waals surface area contributed by atoms with E-state index in [-0.39, 0.29) is 0 Å². The summed E-state index contributed by atoms with van der Waals surface area (Å²) < 4.78 is 1.08. The maximum atomic E-state index is 4.46. The molecule has 0 radical (unpaired) electrons. The molecule has 0 aliphatic carbocycles. The van der Waals surface area contributed by atoms with Crippen LogP contribution in [0.3, 0.4) is 0 Å². The van der Waals surface area contributed by atoms with Gasteiger partial charge < -0.3 is 4.90 Å². The van der Waals surface area contributed by atoms with E-state index in [0.717, 1.165) is 23.3 Å². The molecule has 0 N–H and O–H groups in total. The predicted molar refractivity (Wildman–Crippen MR) is 69.4 cm³/mol. The highest BCUT2D eigenvalue weighted by Gasteiger charge is 2.12. The maximum Gasteiger partial charge on any atom is 0.129 e. The average Bonchev–Trinajstić information content (AvgIpc) is 2.24. The first-order chi connectivity index (χ1) is 7.10. The molecule has 1 rings (SSSR count). The lowest BCUT2D eigenvalue weighted by molar-refractivity contribution is 0.623. The van der Waals surface area contributed by atoms with Gasteiger partial charge in [-0.05, 0) is 54.8 Å². The largest absolute Gasteiger partial charge is 0.354 e. The normalized spacial score (nSPS) is 12.6. The molecule has 1 heterocycles. The first kappa shape index (κ1) is 12.5. The second kappa shape index (κ2) is 5.50. The lowest BCUT2D eigenvalue weighted by atomic mass is 10.2.